The Balaban J connectivity index is 2.89. The van der Waals surface area contributed by atoms with Crippen molar-refractivity contribution in [2.45, 2.75) is 33.2 Å². The van der Waals surface area contributed by atoms with E-state index in [1.165, 1.54) is 5.69 Å². The van der Waals surface area contributed by atoms with Crippen LogP contribution in [0.3, 0.4) is 0 Å². The van der Waals surface area contributed by atoms with Gasteiger partial charge in [0.2, 0.25) is 0 Å². The molecule has 0 aliphatic carbocycles. The molecule has 0 saturated heterocycles. The van der Waals surface area contributed by atoms with Gasteiger partial charge in [-0.05, 0) is 38.5 Å². The molecule has 0 aliphatic heterocycles. The van der Waals surface area contributed by atoms with Gasteiger partial charge in [0.25, 0.3) is 0 Å². The lowest BCUT2D eigenvalue weighted by molar-refractivity contribution is 0.630. The first kappa shape index (κ1) is 10.9. The van der Waals surface area contributed by atoms with Crippen molar-refractivity contribution in [3.05, 3.63) is 24.3 Å². The molecule has 0 heterocycles. The third-order valence-corrected chi connectivity index (χ3v) is 2.67. The Morgan fingerprint density at radius 2 is 2.07 bits per heavy atom. The Morgan fingerprint density at radius 1 is 1.36 bits per heavy atom. The fraction of sp³-hybridized carbons (Fsp3) is 0.500. The Labute approximate surface area is 86.7 Å². The molecule has 1 atom stereocenters. The summed E-state index contributed by atoms with van der Waals surface area (Å²) in [6, 6.07) is 8.66. The summed E-state index contributed by atoms with van der Waals surface area (Å²) in [5, 5.41) is 0. The lowest BCUT2D eigenvalue weighted by atomic mass is 10.2. The number of benzene rings is 1. The van der Waals surface area contributed by atoms with Crippen LogP contribution in [0.25, 0.3) is 0 Å². The molecule has 0 amide bonds. The highest BCUT2D eigenvalue weighted by molar-refractivity contribution is 5.56. The molecular formula is C12H20N2. The molecule has 1 rings (SSSR count). The maximum Gasteiger partial charge on any atom is 0.0389 e. The third kappa shape index (κ3) is 2.41. The van der Waals surface area contributed by atoms with Gasteiger partial charge in [0.1, 0.15) is 0 Å². The van der Waals surface area contributed by atoms with Gasteiger partial charge >= 0.3 is 0 Å². The van der Waals surface area contributed by atoms with E-state index in [9.17, 15) is 0 Å². The Kier molecular flexibility index (Phi) is 3.81. The SMILES string of the molecule is CCC(C)N(CC)c1cccc(N)c1. The summed E-state index contributed by atoms with van der Waals surface area (Å²) < 4.78 is 0. The van der Waals surface area contributed by atoms with Crippen LogP contribution in [-0.2, 0) is 0 Å². The smallest absolute Gasteiger partial charge is 0.0389 e. The third-order valence-electron chi connectivity index (χ3n) is 2.67. The summed E-state index contributed by atoms with van der Waals surface area (Å²) >= 11 is 0. The van der Waals surface area contributed by atoms with Gasteiger partial charge in [-0.1, -0.05) is 13.0 Å². The summed E-state index contributed by atoms with van der Waals surface area (Å²) in [5.41, 5.74) is 7.83. The molecule has 0 bridgehead atoms. The number of anilines is 2. The van der Waals surface area contributed by atoms with Crippen molar-refractivity contribution in [3.63, 3.8) is 0 Å². The normalized spacial score (nSPS) is 12.5. The van der Waals surface area contributed by atoms with Gasteiger partial charge in [0.05, 0.1) is 0 Å². The van der Waals surface area contributed by atoms with Gasteiger partial charge in [-0.15, -0.1) is 0 Å². The highest BCUT2D eigenvalue weighted by atomic mass is 15.1. The van der Waals surface area contributed by atoms with Crippen molar-refractivity contribution in [3.8, 4) is 0 Å². The topological polar surface area (TPSA) is 29.3 Å². The molecule has 2 heteroatoms. The second-order valence-electron chi connectivity index (χ2n) is 3.64. The minimum atomic E-state index is 0.571. The highest BCUT2D eigenvalue weighted by Crippen LogP contribution is 2.20. The Bertz CT molecular complexity index is 283. The van der Waals surface area contributed by atoms with E-state index in [0.29, 0.717) is 6.04 Å². The number of hydrogen-bond acceptors (Lipinski definition) is 2. The Hall–Kier alpha value is -1.18. The van der Waals surface area contributed by atoms with E-state index >= 15 is 0 Å². The fourth-order valence-corrected chi connectivity index (χ4v) is 1.67. The van der Waals surface area contributed by atoms with Crippen LogP contribution < -0.4 is 10.6 Å². The van der Waals surface area contributed by atoms with Crippen LogP contribution in [0.5, 0.6) is 0 Å². The summed E-state index contributed by atoms with van der Waals surface area (Å²) in [6.45, 7) is 7.65. The van der Waals surface area contributed by atoms with Gasteiger partial charge in [-0.2, -0.15) is 0 Å². The first-order chi connectivity index (χ1) is 6.69. The summed E-state index contributed by atoms with van der Waals surface area (Å²) in [4.78, 5) is 2.37. The first-order valence-electron chi connectivity index (χ1n) is 5.31. The Morgan fingerprint density at radius 3 is 2.57 bits per heavy atom. The van der Waals surface area contributed by atoms with Gasteiger partial charge in [-0.25, -0.2) is 0 Å². The van der Waals surface area contributed by atoms with Crippen LogP contribution >= 0.6 is 0 Å². The summed E-state index contributed by atoms with van der Waals surface area (Å²) in [6.07, 6.45) is 1.16. The molecule has 0 spiro atoms. The minimum Gasteiger partial charge on any atom is -0.399 e. The molecule has 1 unspecified atom stereocenters. The molecule has 1 aromatic rings. The van der Waals surface area contributed by atoms with Crippen molar-refractivity contribution >= 4 is 11.4 Å². The molecule has 0 aliphatic rings. The van der Waals surface area contributed by atoms with Crippen molar-refractivity contribution < 1.29 is 0 Å². The van der Waals surface area contributed by atoms with E-state index in [-0.39, 0.29) is 0 Å². The lowest BCUT2D eigenvalue weighted by Gasteiger charge is -2.29. The van der Waals surface area contributed by atoms with Crippen LogP contribution in [0, 0.1) is 0 Å². The summed E-state index contributed by atoms with van der Waals surface area (Å²) in [7, 11) is 0. The van der Waals surface area contributed by atoms with E-state index in [4.69, 9.17) is 5.73 Å². The number of nitrogen functional groups attached to an aromatic ring is 1. The van der Waals surface area contributed by atoms with E-state index in [2.05, 4.69) is 31.7 Å². The number of hydrogen-bond donors (Lipinski definition) is 1. The molecule has 2 N–H and O–H groups in total. The average molecular weight is 192 g/mol. The number of rotatable bonds is 4. The average Bonchev–Trinajstić information content (AvgIpc) is 2.19. The molecule has 14 heavy (non-hydrogen) atoms. The molecule has 0 fully saturated rings. The number of nitrogens with two attached hydrogens (primary N) is 1. The second-order valence-corrected chi connectivity index (χ2v) is 3.64. The molecule has 1 aromatic carbocycles. The predicted octanol–water partition coefficient (Wildman–Crippen LogP) is 2.89. The molecule has 0 radical (unpaired) electrons. The van der Waals surface area contributed by atoms with Crippen LogP contribution in [-0.4, -0.2) is 12.6 Å². The van der Waals surface area contributed by atoms with Crippen molar-refractivity contribution in [2.75, 3.05) is 17.2 Å². The van der Waals surface area contributed by atoms with E-state index < -0.39 is 0 Å². The molecule has 78 valence electrons. The highest BCUT2D eigenvalue weighted by Gasteiger charge is 2.10. The van der Waals surface area contributed by atoms with E-state index in [0.717, 1.165) is 18.7 Å². The molecule has 0 saturated carbocycles. The summed E-state index contributed by atoms with van der Waals surface area (Å²) in [5.74, 6) is 0. The molecule has 0 aromatic heterocycles. The zero-order valence-electron chi connectivity index (χ0n) is 9.33. The monoisotopic (exact) mass is 192 g/mol. The quantitative estimate of drug-likeness (QED) is 0.743. The van der Waals surface area contributed by atoms with E-state index in [1.54, 1.807) is 0 Å². The van der Waals surface area contributed by atoms with Crippen LogP contribution in [0.1, 0.15) is 27.2 Å². The zero-order chi connectivity index (χ0) is 10.6. The van der Waals surface area contributed by atoms with Crippen molar-refractivity contribution in [2.24, 2.45) is 0 Å². The van der Waals surface area contributed by atoms with Crippen molar-refractivity contribution in [1.82, 2.24) is 0 Å². The van der Waals surface area contributed by atoms with Gasteiger partial charge < -0.3 is 10.6 Å². The van der Waals surface area contributed by atoms with Crippen LogP contribution in [0.4, 0.5) is 11.4 Å². The fourth-order valence-electron chi connectivity index (χ4n) is 1.67. The van der Waals surface area contributed by atoms with Crippen LogP contribution in [0.15, 0.2) is 24.3 Å². The van der Waals surface area contributed by atoms with Gasteiger partial charge in [0.15, 0.2) is 0 Å². The maximum absolute atomic E-state index is 5.77. The zero-order valence-corrected chi connectivity index (χ0v) is 9.33. The number of nitrogens with zero attached hydrogens (tertiary/aromatic N) is 1. The lowest BCUT2D eigenvalue weighted by Crippen LogP contribution is -2.32. The van der Waals surface area contributed by atoms with E-state index in [1.807, 2.05) is 18.2 Å². The molecule has 2 nitrogen and oxygen atoms in total. The van der Waals surface area contributed by atoms with Crippen LogP contribution in [0.2, 0.25) is 0 Å². The standard InChI is InChI=1S/C12H20N2/c1-4-10(3)14(5-2)12-8-6-7-11(13)9-12/h6-10H,4-5,13H2,1-3H3. The first-order valence-corrected chi connectivity index (χ1v) is 5.31. The second kappa shape index (κ2) is 4.89. The van der Waals surface area contributed by atoms with Gasteiger partial charge in [0, 0.05) is 24.0 Å². The maximum atomic E-state index is 5.77. The van der Waals surface area contributed by atoms with Gasteiger partial charge in [-0.3, -0.25) is 0 Å². The van der Waals surface area contributed by atoms with Crippen molar-refractivity contribution in [1.29, 1.82) is 0 Å². The molecular weight excluding hydrogens is 172 g/mol. The predicted molar refractivity (Wildman–Crippen MR) is 63.6 cm³/mol. The largest absolute Gasteiger partial charge is 0.399 e. The minimum absolute atomic E-state index is 0.571.